The van der Waals surface area contributed by atoms with E-state index in [1.165, 1.54) is 0 Å². The Balaban J connectivity index is 2.47. The first-order valence-electron chi connectivity index (χ1n) is 6.04. The number of rotatable bonds is 5. The van der Waals surface area contributed by atoms with Crippen LogP contribution in [0.5, 0.6) is 11.5 Å². The van der Waals surface area contributed by atoms with Gasteiger partial charge in [0.05, 0.1) is 18.7 Å². The smallest absolute Gasteiger partial charge is 0.180 e. The summed E-state index contributed by atoms with van der Waals surface area (Å²) in [5.74, 6) is 1.71. The summed E-state index contributed by atoms with van der Waals surface area (Å²) >= 11 is 6.38. The Labute approximate surface area is 117 Å². The fourth-order valence-corrected chi connectivity index (χ4v) is 1.94. The molecule has 0 saturated heterocycles. The fraction of sp³-hybridized carbons (Fsp3) is 0.286. The van der Waals surface area contributed by atoms with Crippen molar-refractivity contribution in [3.05, 3.63) is 35.6 Å². The van der Waals surface area contributed by atoms with E-state index in [-0.39, 0.29) is 0 Å². The molecule has 0 atom stereocenters. The maximum absolute atomic E-state index is 6.38. The van der Waals surface area contributed by atoms with Crippen molar-refractivity contribution in [2.24, 2.45) is 0 Å². The van der Waals surface area contributed by atoms with Crippen molar-refractivity contribution in [3.8, 4) is 22.9 Å². The molecule has 1 heterocycles. The van der Waals surface area contributed by atoms with Crippen LogP contribution in [0.1, 0.15) is 13.3 Å². The number of halogens is 1. The molecule has 0 spiro atoms. The van der Waals surface area contributed by atoms with Gasteiger partial charge in [-0.1, -0.05) is 18.5 Å². The Kier molecular flexibility index (Phi) is 4.58. The Morgan fingerprint density at radius 2 is 1.95 bits per heavy atom. The van der Waals surface area contributed by atoms with E-state index < -0.39 is 0 Å². The maximum atomic E-state index is 6.38. The Morgan fingerprint density at radius 3 is 2.58 bits per heavy atom. The molecule has 0 radical (unpaired) electrons. The highest BCUT2D eigenvalue weighted by atomic mass is 35.5. The molecule has 0 N–H and O–H groups in total. The zero-order valence-electron chi connectivity index (χ0n) is 10.9. The van der Waals surface area contributed by atoms with E-state index in [0.29, 0.717) is 29.0 Å². The molecular weight excluding hydrogens is 264 g/mol. The second-order valence-electron chi connectivity index (χ2n) is 3.88. The number of methoxy groups -OCH3 is 1. The average molecular weight is 279 g/mol. The van der Waals surface area contributed by atoms with Crippen LogP contribution < -0.4 is 9.47 Å². The van der Waals surface area contributed by atoms with Crippen LogP contribution in [0.15, 0.2) is 30.6 Å². The van der Waals surface area contributed by atoms with Crippen LogP contribution >= 0.6 is 11.6 Å². The third-order valence-electron chi connectivity index (χ3n) is 2.54. The second-order valence-corrected chi connectivity index (χ2v) is 4.26. The van der Waals surface area contributed by atoms with E-state index in [2.05, 4.69) is 9.97 Å². The largest absolute Gasteiger partial charge is 0.493 e. The van der Waals surface area contributed by atoms with Crippen molar-refractivity contribution in [1.29, 1.82) is 0 Å². The SMILES string of the molecule is CCCOc1c(OC)ccc(-c2ncccn2)c1Cl. The third-order valence-corrected chi connectivity index (χ3v) is 2.91. The van der Waals surface area contributed by atoms with Crippen molar-refractivity contribution >= 4 is 11.6 Å². The molecule has 5 heteroatoms. The van der Waals surface area contributed by atoms with Crippen LogP contribution in [-0.4, -0.2) is 23.7 Å². The minimum Gasteiger partial charge on any atom is -0.493 e. The van der Waals surface area contributed by atoms with Crippen molar-refractivity contribution in [2.45, 2.75) is 13.3 Å². The first-order valence-corrected chi connectivity index (χ1v) is 6.42. The van der Waals surface area contributed by atoms with E-state index in [1.807, 2.05) is 19.1 Å². The van der Waals surface area contributed by atoms with Crippen LogP contribution in [0.2, 0.25) is 5.02 Å². The van der Waals surface area contributed by atoms with Crippen LogP contribution in [-0.2, 0) is 0 Å². The lowest BCUT2D eigenvalue weighted by molar-refractivity contribution is 0.294. The molecule has 100 valence electrons. The van der Waals surface area contributed by atoms with Gasteiger partial charge in [-0.25, -0.2) is 9.97 Å². The number of ether oxygens (including phenoxy) is 2. The molecule has 0 fully saturated rings. The van der Waals surface area contributed by atoms with Crippen molar-refractivity contribution < 1.29 is 9.47 Å². The second kappa shape index (κ2) is 6.38. The Morgan fingerprint density at radius 1 is 1.21 bits per heavy atom. The van der Waals surface area contributed by atoms with Crippen LogP contribution in [0.4, 0.5) is 0 Å². The maximum Gasteiger partial charge on any atom is 0.180 e. The summed E-state index contributed by atoms with van der Waals surface area (Å²) in [6.45, 7) is 2.61. The topological polar surface area (TPSA) is 44.2 Å². The van der Waals surface area contributed by atoms with Crippen LogP contribution in [0, 0.1) is 0 Å². The standard InChI is InChI=1S/C14H15ClN2O2/c1-3-9-19-13-11(18-2)6-5-10(12(13)15)14-16-7-4-8-17-14/h4-8H,3,9H2,1-2H3. The molecule has 0 aliphatic carbocycles. The van der Waals surface area contributed by atoms with Gasteiger partial charge in [0.15, 0.2) is 17.3 Å². The molecule has 0 aliphatic rings. The molecule has 2 aromatic rings. The molecule has 19 heavy (non-hydrogen) atoms. The predicted octanol–water partition coefficient (Wildman–Crippen LogP) is 3.59. The van der Waals surface area contributed by atoms with Gasteiger partial charge in [0.1, 0.15) is 0 Å². The summed E-state index contributed by atoms with van der Waals surface area (Å²) in [7, 11) is 1.59. The van der Waals surface area contributed by atoms with Crippen LogP contribution in [0.25, 0.3) is 11.4 Å². The van der Waals surface area contributed by atoms with Crippen molar-refractivity contribution in [2.75, 3.05) is 13.7 Å². The summed E-state index contributed by atoms with van der Waals surface area (Å²) in [6, 6.07) is 5.40. The van der Waals surface area contributed by atoms with Gasteiger partial charge in [-0.15, -0.1) is 0 Å². The quantitative estimate of drug-likeness (QED) is 0.838. The fourth-order valence-electron chi connectivity index (χ4n) is 1.65. The van der Waals surface area contributed by atoms with E-state index in [9.17, 15) is 0 Å². The van der Waals surface area contributed by atoms with Crippen molar-refractivity contribution in [1.82, 2.24) is 9.97 Å². The summed E-state index contributed by atoms with van der Waals surface area (Å²) in [5, 5.41) is 0.471. The summed E-state index contributed by atoms with van der Waals surface area (Å²) < 4.78 is 10.9. The molecule has 0 aliphatic heterocycles. The minimum atomic E-state index is 0.471. The molecule has 1 aromatic carbocycles. The Bertz CT molecular complexity index is 547. The first kappa shape index (κ1) is 13.6. The molecule has 0 saturated carbocycles. The summed E-state index contributed by atoms with van der Waals surface area (Å²) in [6.07, 6.45) is 4.25. The molecule has 1 aromatic heterocycles. The lowest BCUT2D eigenvalue weighted by Gasteiger charge is -2.14. The normalized spacial score (nSPS) is 10.3. The zero-order valence-corrected chi connectivity index (χ0v) is 11.6. The van der Waals surface area contributed by atoms with E-state index in [0.717, 1.165) is 12.0 Å². The molecule has 0 bridgehead atoms. The lowest BCUT2D eigenvalue weighted by Crippen LogP contribution is -2.00. The monoisotopic (exact) mass is 278 g/mol. The van der Waals surface area contributed by atoms with E-state index in [4.69, 9.17) is 21.1 Å². The van der Waals surface area contributed by atoms with Gasteiger partial charge in [0, 0.05) is 18.0 Å². The van der Waals surface area contributed by atoms with Gasteiger partial charge < -0.3 is 9.47 Å². The first-order chi connectivity index (χ1) is 9.27. The van der Waals surface area contributed by atoms with Crippen LogP contribution in [0.3, 0.4) is 0 Å². The number of benzene rings is 1. The number of aromatic nitrogens is 2. The van der Waals surface area contributed by atoms with Gasteiger partial charge in [-0.05, 0) is 24.6 Å². The lowest BCUT2D eigenvalue weighted by atomic mass is 10.2. The zero-order chi connectivity index (χ0) is 13.7. The molecule has 2 rings (SSSR count). The van der Waals surface area contributed by atoms with Gasteiger partial charge in [0.2, 0.25) is 0 Å². The predicted molar refractivity (Wildman–Crippen MR) is 74.8 cm³/mol. The highest BCUT2D eigenvalue weighted by molar-refractivity contribution is 6.35. The number of hydrogen-bond acceptors (Lipinski definition) is 4. The molecule has 4 nitrogen and oxygen atoms in total. The highest BCUT2D eigenvalue weighted by Gasteiger charge is 2.16. The number of nitrogens with zero attached hydrogens (tertiary/aromatic N) is 2. The molecule has 0 amide bonds. The van der Waals surface area contributed by atoms with E-state index >= 15 is 0 Å². The van der Waals surface area contributed by atoms with Gasteiger partial charge >= 0.3 is 0 Å². The van der Waals surface area contributed by atoms with Crippen molar-refractivity contribution in [3.63, 3.8) is 0 Å². The van der Waals surface area contributed by atoms with E-state index in [1.54, 1.807) is 25.6 Å². The highest BCUT2D eigenvalue weighted by Crippen LogP contribution is 2.40. The van der Waals surface area contributed by atoms with Gasteiger partial charge in [0.25, 0.3) is 0 Å². The minimum absolute atomic E-state index is 0.471. The number of hydrogen-bond donors (Lipinski definition) is 0. The van der Waals surface area contributed by atoms with Gasteiger partial charge in [-0.2, -0.15) is 0 Å². The third kappa shape index (κ3) is 2.96. The average Bonchev–Trinajstić information content (AvgIpc) is 2.46. The Hall–Kier alpha value is -1.81. The summed E-state index contributed by atoms with van der Waals surface area (Å²) in [5.41, 5.74) is 0.731. The van der Waals surface area contributed by atoms with Gasteiger partial charge in [-0.3, -0.25) is 0 Å². The summed E-state index contributed by atoms with van der Waals surface area (Å²) in [4.78, 5) is 8.39. The molecular formula is C14H15ClN2O2. The molecule has 0 unspecified atom stereocenters.